The Bertz CT molecular complexity index is 834. The summed E-state index contributed by atoms with van der Waals surface area (Å²) in [4.78, 5) is 25.6. The van der Waals surface area contributed by atoms with Gasteiger partial charge in [-0.15, -0.1) is 0 Å². The van der Waals surface area contributed by atoms with Crippen LogP contribution in [0.15, 0.2) is 43.0 Å². The number of benzene rings is 1. The van der Waals surface area contributed by atoms with Gasteiger partial charge in [-0.2, -0.15) is 5.10 Å². The summed E-state index contributed by atoms with van der Waals surface area (Å²) in [5.74, 6) is 0.828. The molecule has 1 aliphatic carbocycles. The normalized spacial score (nSPS) is 14.6. The van der Waals surface area contributed by atoms with Crippen molar-refractivity contribution in [3.05, 3.63) is 54.2 Å². The number of carbonyl (C=O) groups excluding carboxylic acids is 2. The Morgan fingerprint density at radius 1 is 1.35 bits per heavy atom. The smallest absolute Gasteiger partial charge is 0.256 e. The van der Waals surface area contributed by atoms with Gasteiger partial charge in [-0.25, -0.2) is 0 Å². The van der Waals surface area contributed by atoms with Crippen LogP contribution in [0.2, 0.25) is 0 Å². The van der Waals surface area contributed by atoms with Crippen LogP contribution in [0.4, 0.5) is 11.5 Å². The molecule has 26 heavy (non-hydrogen) atoms. The summed E-state index contributed by atoms with van der Waals surface area (Å²) < 4.78 is 1.99. The van der Waals surface area contributed by atoms with Crippen molar-refractivity contribution in [3.8, 4) is 0 Å². The molecule has 1 N–H and O–H groups in total. The maximum absolute atomic E-state index is 12.5. The van der Waals surface area contributed by atoms with Crippen LogP contribution in [0, 0.1) is 12.8 Å². The summed E-state index contributed by atoms with van der Waals surface area (Å²) in [5, 5.41) is 7.39. The van der Waals surface area contributed by atoms with E-state index in [9.17, 15) is 9.59 Å². The number of hydrogen-bond acceptors (Lipinski definition) is 3. The highest BCUT2D eigenvalue weighted by Gasteiger charge is 2.30. The van der Waals surface area contributed by atoms with E-state index in [4.69, 9.17) is 0 Å². The number of nitrogens with one attached hydrogen (secondary N) is 1. The fourth-order valence-electron chi connectivity index (χ4n) is 3.03. The van der Waals surface area contributed by atoms with Crippen LogP contribution in [0.25, 0.3) is 0 Å². The van der Waals surface area contributed by atoms with E-state index in [-0.39, 0.29) is 11.8 Å². The zero-order valence-corrected chi connectivity index (χ0v) is 15.4. The number of anilines is 2. The number of aryl methyl sites for hydroxylation is 1. The Morgan fingerprint density at radius 2 is 2.00 bits per heavy atom. The van der Waals surface area contributed by atoms with Gasteiger partial charge in [0.25, 0.3) is 5.91 Å². The molecule has 0 aliphatic heterocycles. The SMILES string of the molecule is C=CC(=O)N(C)c1ccc(C(=O)Nc2cc(C)n(C(C)C3CC3)n2)cc1. The van der Waals surface area contributed by atoms with Crippen LogP contribution in [-0.2, 0) is 4.79 Å². The summed E-state index contributed by atoms with van der Waals surface area (Å²) >= 11 is 0. The van der Waals surface area contributed by atoms with Gasteiger partial charge >= 0.3 is 0 Å². The van der Waals surface area contributed by atoms with E-state index in [0.717, 1.165) is 5.69 Å². The van der Waals surface area contributed by atoms with Crippen LogP contribution in [0.3, 0.4) is 0 Å². The van der Waals surface area contributed by atoms with Crippen molar-refractivity contribution in [3.63, 3.8) is 0 Å². The fraction of sp³-hybridized carbons (Fsp3) is 0.350. The lowest BCUT2D eigenvalue weighted by molar-refractivity contribution is -0.113. The predicted octanol–water partition coefficient (Wildman–Crippen LogP) is 3.56. The van der Waals surface area contributed by atoms with Gasteiger partial charge < -0.3 is 10.2 Å². The van der Waals surface area contributed by atoms with Crippen molar-refractivity contribution in [1.82, 2.24) is 9.78 Å². The molecule has 0 bridgehead atoms. The van der Waals surface area contributed by atoms with E-state index >= 15 is 0 Å². The largest absolute Gasteiger partial charge is 0.312 e. The second kappa shape index (κ2) is 7.15. The quantitative estimate of drug-likeness (QED) is 0.808. The Balaban J connectivity index is 1.69. The molecule has 1 aromatic carbocycles. The molecule has 1 saturated carbocycles. The molecule has 1 fully saturated rings. The first kappa shape index (κ1) is 17.9. The number of nitrogens with zero attached hydrogens (tertiary/aromatic N) is 3. The maximum atomic E-state index is 12.5. The molecule has 1 aliphatic rings. The van der Waals surface area contributed by atoms with E-state index in [2.05, 4.69) is 23.9 Å². The average Bonchev–Trinajstić information content (AvgIpc) is 3.43. The monoisotopic (exact) mass is 352 g/mol. The highest BCUT2D eigenvalue weighted by Crippen LogP contribution is 2.39. The summed E-state index contributed by atoms with van der Waals surface area (Å²) in [6.07, 6.45) is 3.75. The average molecular weight is 352 g/mol. The first-order valence-electron chi connectivity index (χ1n) is 8.78. The van der Waals surface area contributed by atoms with Crippen LogP contribution in [0.5, 0.6) is 0 Å². The van der Waals surface area contributed by atoms with E-state index in [0.29, 0.717) is 29.0 Å². The molecule has 3 rings (SSSR count). The second-order valence-electron chi connectivity index (χ2n) is 6.80. The van der Waals surface area contributed by atoms with Crippen molar-refractivity contribution in [1.29, 1.82) is 0 Å². The van der Waals surface area contributed by atoms with Gasteiger partial charge in [0.15, 0.2) is 5.82 Å². The molecule has 136 valence electrons. The third-order valence-corrected chi connectivity index (χ3v) is 4.88. The molecule has 2 amide bonds. The first-order valence-corrected chi connectivity index (χ1v) is 8.78. The lowest BCUT2D eigenvalue weighted by Gasteiger charge is -2.15. The minimum atomic E-state index is -0.224. The number of rotatable bonds is 6. The number of carbonyl (C=O) groups is 2. The topological polar surface area (TPSA) is 67.2 Å². The van der Waals surface area contributed by atoms with Gasteiger partial charge in [0.1, 0.15) is 0 Å². The minimum Gasteiger partial charge on any atom is -0.312 e. The van der Waals surface area contributed by atoms with E-state index in [1.807, 2.05) is 17.7 Å². The summed E-state index contributed by atoms with van der Waals surface area (Å²) in [6.45, 7) is 7.64. The third kappa shape index (κ3) is 3.69. The lowest BCUT2D eigenvalue weighted by atomic mass is 10.2. The molecule has 6 nitrogen and oxygen atoms in total. The molecular weight excluding hydrogens is 328 g/mol. The number of amides is 2. The molecule has 0 saturated heterocycles. The number of likely N-dealkylation sites (N-methyl/N-ethyl adjacent to an activating group) is 1. The van der Waals surface area contributed by atoms with Crippen LogP contribution >= 0.6 is 0 Å². The Hall–Kier alpha value is -2.89. The molecule has 2 aromatic rings. The summed E-state index contributed by atoms with van der Waals surface area (Å²) in [5.41, 5.74) is 2.25. The number of hydrogen-bond donors (Lipinski definition) is 1. The molecule has 1 aromatic heterocycles. The molecule has 6 heteroatoms. The van der Waals surface area contributed by atoms with E-state index in [1.165, 1.54) is 23.8 Å². The molecule has 0 radical (unpaired) electrons. The van der Waals surface area contributed by atoms with E-state index in [1.54, 1.807) is 31.3 Å². The van der Waals surface area contributed by atoms with Gasteiger partial charge in [-0.3, -0.25) is 14.3 Å². The maximum Gasteiger partial charge on any atom is 0.256 e. The predicted molar refractivity (Wildman–Crippen MR) is 102 cm³/mol. The van der Waals surface area contributed by atoms with Crippen LogP contribution in [0.1, 0.15) is 41.9 Å². The van der Waals surface area contributed by atoms with Crippen molar-refractivity contribution < 1.29 is 9.59 Å². The van der Waals surface area contributed by atoms with Crippen LogP contribution < -0.4 is 10.2 Å². The zero-order chi connectivity index (χ0) is 18.8. The van der Waals surface area contributed by atoms with E-state index < -0.39 is 0 Å². The van der Waals surface area contributed by atoms with Gasteiger partial charge in [0.2, 0.25) is 5.91 Å². The lowest BCUT2D eigenvalue weighted by Crippen LogP contribution is -2.23. The molecule has 0 spiro atoms. The summed E-state index contributed by atoms with van der Waals surface area (Å²) in [6, 6.07) is 9.09. The van der Waals surface area contributed by atoms with Gasteiger partial charge in [0.05, 0.1) is 6.04 Å². The van der Waals surface area contributed by atoms with Crippen molar-refractivity contribution in [2.45, 2.75) is 32.7 Å². The molecular formula is C20H24N4O2. The minimum absolute atomic E-state index is 0.201. The van der Waals surface area contributed by atoms with Crippen LogP contribution in [-0.4, -0.2) is 28.6 Å². The Labute approximate surface area is 153 Å². The van der Waals surface area contributed by atoms with Gasteiger partial charge in [0, 0.05) is 30.1 Å². The zero-order valence-electron chi connectivity index (χ0n) is 15.4. The molecule has 1 heterocycles. The number of aromatic nitrogens is 2. The fourth-order valence-corrected chi connectivity index (χ4v) is 3.03. The Morgan fingerprint density at radius 3 is 2.58 bits per heavy atom. The summed E-state index contributed by atoms with van der Waals surface area (Å²) in [7, 11) is 1.66. The van der Waals surface area contributed by atoms with Crippen molar-refractivity contribution in [2.75, 3.05) is 17.3 Å². The highest BCUT2D eigenvalue weighted by atomic mass is 16.2. The molecule has 1 atom stereocenters. The Kier molecular flexibility index (Phi) is 4.93. The standard InChI is InChI=1S/C20H24N4O2/c1-5-19(25)23(4)17-10-8-16(9-11-17)20(26)21-18-12-13(2)24(22-18)14(3)15-6-7-15/h5,8-12,14-15H,1,6-7H2,2-4H3,(H,21,22,26). The van der Waals surface area contributed by atoms with Crippen molar-refractivity contribution >= 4 is 23.3 Å². The first-order chi connectivity index (χ1) is 12.4. The van der Waals surface area contributed by atoms with Crippen molar-refractivity contribution in [2.24, 2.45) is 5.92 Å². The van der Waals surface area contributed by atoms with Gasteiger partial charge in [-0.1, -0.05) is 6.58 Å². The van der Waals surface area contributed by atoms with Gasteiger partial charge in [-0.05, 0) is 62.9 Å². The molecule has 1 unspecified atom stereocenters. The third-order valence-electron chi connectivity index (χ3n) is 4.88. The highest BCUT2D eigenvalue weighted by molar-refractivity contribution is 6.05. The second-order valence-corrected chi connectivity index (χ2v) is 6.80.